The molecule has 6 nitrogen and oxygen atoms in total. The average Bonchev–Trinajstić information content (AvgIpc) is 2.45. The highest BCUT2D eigenvalue weighted by Crippen LogP contribution is 2.36. The molecule has 1 amide bonds. The lowest BCUT2D eigenvalue weighted by atomic mass is 10.2. The molecule has 1 aromatic heterocycles. The Morgan fingerprint density at radius 1 is 1.13 bits per heavy atom. The monoisotopic (exact) mass is 395 g/mol. The van der Waals surface area contributed by atoms with Crippen LogP contribution < -0.4 is 16.6 Å². The van der Waals surface area contributed by atoms with Gasteiger partial charge in [-0.15, -0.1) is 0 Å². The molecule has 1 unspecified atom stereocenters. The number of benzene rings is 1. The lowest BCUT2D eigenvalue weighted by Crippen LogP contribution is -2.46. The van der Waals surface area contributed by atoms with Gasteiger partial charge in [0, 0.05) is 22.8 Å². The zero-order chi connectivity index (χ0) is 17.2. The first kappa shape index (κ1) is 17.9. The molecule has 0 fully saturated rings. The standard InChI is InChI=1S/C13H9Cl4N3O3/c14-8-3-1-7(2-4-8)10(22)19-11(13(15,16)17)20-6-5-9(21)18-12(20)23/h1-6,11H,(H,19,22)(H,18,21,23). The Labute approximate surface area is 149 Å². The first-order valence-corrected chi connectivity index (χ1v) is 7.64. The summed E-state index contributed by atoms with van der Waals surface area (Å²) in [7, 11) is 0. The van der Waals surface area contributed by atoms with Crippen LogP contribution in [0.5, 0.6) is 0 Å². The minimum atomic E-state index is -2.04. The lowest BCUT2D eigenvalue weighted by Gasteiger charge is -2.27. The molecule has 0 radical (unpaired) electrons. The molecule has 0 bridgehead atoms. The van der Waals surface area contributed by atoms with E-state index in [0.29, 0.717) is 5.02 Å². The number of nitrogens with one attached hydrogen (secondary N) is 2. The number of aromatic nitrogens is 2. The van der Waals surface area contributed by atoms with Gasteiger partial charge in [0.05, 0.1) is 0 Å². The van der Waals surface area contributed by atoms with E-state index in [1.165, 1.54) is 24.3 Å². The predicted molar refractivity (Wildman–Crippen MR) is 89.6 cm³/mol. The van der Waals surface area contributed by atoms with Crippen molar-refractivity contribution in [3.63, 3.8) is 0 Å². The van der Waals surface area contributed by atoms with Crippen molar-refractivity contribution >= 4 is 52.3 Å². The minimum absolute atomic E-state index is 0.256. The van der Waals surface area contributed by atoms with Gasteiger partial charge < -0.3 is 5.32 Å². The number of H-pyrrole nitrogens is 1. The lowest BCUT2D eigenvalue weighted by molar-refractivity contribution is 0.0919. The Bertz CT molecular complexity index is 824. The topological polar surface area (TPSA) is 84.0 Å². The summed E-state index contributed by atoms with van der Waals surface area (Å²) in [5, 5.41) is 2.89. The van der Waals surface area contributed by atoms with E-state index in [1.54, 1.807) is 0 Å². The van der Waals surface area contributed by atoms with Gasteiger partial charge in [0.15, 0.2) is 6.17 Å². The van der Waals surface area contributed by atoms with Crippen LogP contribution in [0.1, 0.15) is 16.5 Å². The summed E-state index contributed by atoms with van der Waals surface area (Å²) in [5.41, 5.74) is -1.19. The van der Waals surface area contributed by atoms with Gasteiger partial charge in [0.25, 0.3) is 11.5 Å². The highest BCUT2D eigenvalue weighted by atomic mass is 35.6. The van der Waals surface area contributed by atoms with Gasteiger partial charge in [0.1, 0.15) is 0 Å². The number of carbonyl (C=O) groups is 1. The maximum absolute atomic E-state index is 12.2. The molecular formula is C13H9Cl4N3O3. The molecule has 0 aliphatic carbocycles. The van der Waals surface area contributed by atoms with Gasteiger partial charge in [0.2, 0.25) is 3.79 Å². The van der Waals surface area contributed by atoms with E-state index in [9.17, 15) is 14.4 Å². The Morgan fingerprint density at radius 2 is 1.74 bits per heavy atom. The first-order chi connectivity index (χ1) is 10.7. The molecule has 1 heterocycles. The second-order valence-corrected chi connectivity index (χ2v) is 7.25. The van der Waals surface area contributed by atoms with Crippen LogP contribution in [0, 0.1) is 0 Å². The van der Waals surface area contributed by atoms with Gasteiger partial charge in [-0.25, -0.2) is 4.79 Å². The van der Waals surface area contributed by atoms with Crippen LogP contribution in [0.2, 0.25) is 5.02 Å². The summed E-state index contributed by atoms with van der Waals surface area (Å²) in [6, 6.07) is 7.06. The molecular weight excluding hydrogens is 388 g/mol. The highest BCUT2D eigenvalue weighted by molar-refractivity contribution is 6.67. The number of rotatable bonds is 3. The number of amides is 1. The summed E-state index contributed by atoms with van der Waals surface area (Å²) in [5.74, 6) is -0.587. The van der Waals surface area contributed by atoms with Crippen molar-refractivity contribution in [2.45, 2.75) is 9.96 Å². The molecule has 0 aliphatic rings. The van der Waals surface area contributed by atoms with Gasteiger partial charge in [-0.3, -0.25) is 19.1 Å². The molecule has 0 aliphatic heterocycles. The number of hydrogen-bond donors (Lipinski definition) is 2. The Kier molecular flexibility index (Phi) is 5.41. The molecule has 122 valence electrons. The summed E-state index contributed by atoms with van der Waals surface area (Å²) >= 11 is 23.3. The third-order valence-corrected chi connectivity index (χ3v) is 3.69. The number of alkyl halides is 3. The molecule has 2 aromatic rings. The number of aromatic amines is 1. The van der Waals surface area contributed by atoms with Gasteiger partial charge in [-0.05, 0) is 24.3 Å². The number of carbonyl (C=O) groups excluding carboxylic acids is 1. The average molecular weight is 397 g/mol. The zero-order valence-electron chi connectivity index (χ0n) is 11.2. The number of hydrogen-bond acceptors (Lipinski definition) is 3. The summed E-state index contributed by atoms with van der Waals surface area (Å²) in [4.78, 5) is 37.2. The molecule has 1 atom stereocenters. The molecule has 0 saturated heterocycles. The Balaban J connectivity index is 2.37. The summed E-state index contributed by atoms with van der Waals surface area (Å²) < 4.78 is -1.13. The SMILES string of the molecule is O=C(NC(n1ccc(=O)[nH]c1=O)C(Cl)(Cl)Cl)c1ccc(Cl)cc1. The maximum atomic E-state index is 12.2. The van der Waals surface area contributed by atoms with Crippen LogP contribution in [0.15, 0.2) is 46.1 Å². The fourth-order valence-electron chi connectivity index (χ4n) is 1.75. The number of halogens is 4. The van der Waals surface area contributed by atoms with E-state index in [0.717, 1.165) is 16.8 Å². The van der Waals surface area contributed by atoms with Crippen molar-refractivity contribution in [3.8, 4) is 0 Å². The van der Waals surface area contributed by atoms with Crippen molar-refractivity contribution < 1.29 is 4.79 Å². The smallest absolute Gasteiger partial charge is 0.328 e. The van der Waals surface area contributed by atoms with E-state index >= 15 is 0 Å². The first-order valence-electron chi connectivity index (χ1n) is 6.13. The second kappa shape index (κ2) is 6.97. The quantitative estimate of drug-likeness (QED) is 0.781. The maximum Gasteiger partial charge on any atom is 0.330 e. The molecule has 1 aromatic carbocycles. The van der Waals surface area contributed by atoms with E-state index in [2.05, 4.69) is 5.32 Å². The third kappa shape index (κ3) is 4.51. The molecule has 2 N–H and O–H groups in total. The molecule has 0 saturated carbocycles. The Hall–Kier alpha value is -1.47. The third-order valence-electron chi connectivity index (χ3n) is 2.81. The zero-order valence-corrected chi connectivity index (χ0v) is 14.2. The fraction of sp³-hybridized carbons (Fsp3) is 0.154. The van der Waals surface area contributed by atoms with Crippen molar-refractivity contribution in [3.05, 3.63) is 68.0 Å². The van der Waals surface area contributed by atoms with Crippen LogP contribution >= 0.6 is 46.4 Å². The Morgan fingerprint density at radius 3 is 2.26 bits per heavy atom. The van der Waals surface area contributed by atoms with Crippen LogP contribution in [-0.4, -0.2) is 19.3 Å². The van der Waals surface area contributed by atoms with Gasteiger partial charge >= 0.3 is 5.69 Å². The fourth-order valence-corrected chi connectivity index (χ4v) is 2.35. The van der Waals surface area contributed by atoms with E-state index in [4.69, 9.17) is 46.4 Å². The number of nitrogens with zero attached hydrogens (tertiary/aromatic N) is 1. The van der Waals surface area contributed by atoms with Crippen molar-refractivity contribution in [1.82, 2.24) is 14.9 Å². The van der Waals surface area contributed by atoms with Crippen LogP contribution in [0.3, 0.4) is 0 Å². The van der Waals surface area contributed by atoms with Crippen molar-refractivity contribution in [2.75, 3.05) is 0 Å². The van der Waals surface area contributed by atoms with Crippen LogP contribution in [0.25, 0.3) is 0 Å². The molecule has 10 heteroatoms. The van der Waals surface area contributed by atoms with E-state index in [1.807, 2.05) is 4.98 Å². The van der Waals surface area contributed by atoms with E-state index in [-0.39, 0.29) is 5.56 Å². The van der Waals surface area contributed by atoms with Crippen LogP contribution in [0.4, 0.5) is 0 Å². The second-order valence-electron chi connectivity index (χ2n) is 4.44. The van der Waals surface area contributed by atoms with Gasteiger partial charge in [-0.1, -0.05) is 46.4 Å². The largest absolute Gasteiger partial charge is 0.330 e. The highest BCUT2D eigenvalue weighted by Gasteiger charge is 2.36. The molecule has 23 heavy (non-hydrogen) atoms. The van der Waals surface area contributed by atoms with Crippen LogP contribution in [-0.2, 0) is 0 Å². The summed E-state index contributed by atoms with van der Waals surface area (Å²) in [6.07, 6.45) is -0.212. The van der Waals surface area contributed by atoms with Crippen molar-refractivity contribution in [1.29, 1.82) is 0 Å². The van der Waals surface area contributed by atoms with Gasteiger partial charge in [-0.2, -0.15) is 0 Å². The molecule has 2 rings (SSSR count). The summed E-state index contributed by atoms with van der Waals surface area (Å²) in [6.45, 7) is 0. The van der Waals surface area contributed by atoms with E-state index < -0.39 is 27.1 Å². The van der Waals surface area contributed by atoms with Crippen molar-refractivity contribution in [2.24, 2.45) is 0 Å². The predicted octanol–water partition coefficient (Wildman–Crippen LogP) is 2.49. The molecule has 0 spiro atoms. The minimum Gasteiger partial charge on any atom is -0.328 e. The normalized spacial score (nSPS) is 12.7.